The van der Waals surface area contributed by atoms with Crippen LogP contribution in [0.1, 0.15) is 15.9 Å². The first-order chi connectivity index (χ1) is 8.80. The van der Waals surface area contributed by atoms with Gasteiger partial charge in [-0.05, 0) is 24.1 Å². The maximum Gasteiger partial charge on any atom is 0.261 e. The van der Waals surface area contributed by atoms with Crippen LogP contribution in [0.5, 0.6) is 0 Å². The van der Waals surface area contributed by atoms with E-state index < -0.39 is 27.9 Å². The lowest BCUT2D eigenvalue weighted by molar-refractivity contribution is 0.0536. The van der Waals surface area contributed by atoms with Crippen LogP contribution in [0.4, 0.5) is 8.78 Å². The molecule has 0 radical (unpaired) electrons. The van der Waals surface area contributed by atoms with Crippen LogP contribution in [0.3, 0.4) is 0 Å². The number of hydrogen-bond donors (Lipinski definition) is 0. The van der Waals surface area contributed by atoms with E-state index in [2.05, 4.69) is 0 Å². The molecular formula is C11H10ClF2NO3S. The summed E-state index contributed by atoms with van der Waals surface area (Å²) in [6, 6.07) is 4.09. The number of carbonyl (C=O) groups is 1. The van der Waals surface area contributed by atoms with Crippen molar-refractivity contribution in [1.29, 1.82) is 0 Å². The van der Waals surface area contributed by atoms with Gasteiger partial charge in [-0.2, -0.15) is 0 Å². The Balaban J connectivity index is 2.44. The van der Waals surface area contributed by atoms with Gasteiger partial charge >= 0.3 is 0 Å². The summed E-state index contributed by atoms with van der Waals surface area (Å²) in [4.78, 5) is 12.9. The topological polar surface area (TPSA) is 54.5 Å². The molecule has 4 nitrogen and oxygen atoms in total. The van der Waals surface area contributed by atoms with Gasteiger partial charge in [0.15, 0.2) is 0 Å². The first-order valence-electron chi connectivity index (χ1n) is 5.44. The fraction of sp³-hybridized carbons (Fsp3) is 0.364. The summed E-state index contributed by atoms with van der Waals surface area (Å²) >= 11 is 0. The number of benzene rings is 1. The van der Waals surface area contributed by atoms with Crippen molar-refractivity contribution in [2.24, 2.45) is 0 Å². The number of nitrogens with zero attached hydrogens (tertiary/aromatic N) is 1. The predicted octanol–water partition coefficient (Wildman–Crippen LogP) is 1.88. The lowest BCUT2D eigenvalue weighted by atomic mass is 9.99. The van der Waals surface area contributed by atoms with Crippen LogP contribution in [0.2, 0.25) is 0 Å². The zero-order valence-electron chi connectivity index (χ0n) is 9.64. The molecule has 104 valence electrons. The third kappa shape index (κ3) is 2.87. The second-order valence-corrected chi connectivity index (χ2v) is 6.65. The minimum absolute atomic E-state index is 0.0552. The first-order valence-corrected chi connectivity index (χ1v) is 7.75. The van der Waals surface area contributed by atoms with Crippen molar-refractivity contribution in [1.82, 2.24) is 4.90 Å². The molecule has 1 aromatic rings. The summed E-state index contributed by atoms with van der Waals surface area (Å²) in [5.74, 6) is -0.594. The molecule has 0 aliphatic carbocycles. The number of carbonyl (C=O) groups excluding carboxylic acids is 1. The van der Waals surface area contributed by atoms with Gasteiger partial charge in [0.25, 0.3) is 21.4 Å². The largest absolute Gasteiger partial charge is 0.333 e. The lowest BCUT2D eigenvalue weighted by Crippen LogP contribution is -2.40. The van der Waals surface area contributed by atoms with Crippen molar-refractivity contribution in [3.05, 3.63) is 29.3 Å². The maximum atomic E-state index is 12.3. The van der Waals surface area contributed by atoms with E-state index in [1.807, 2.05) is 0 Å². The van der Waals surface area contributed by atoms with Crippen molar-refractivity contribution in [2.45, 2.75) is 17.7 Å². The molecular weight excluding hydrogens is 300 g/mol. The van der Waals surface area contributed by atoms with Crippen LogP contribution < -0.4 is 0 Å². The molecule has 0 atom stereocenters. The molecule has 1 aliphatic heterocycles. The van der Waals surface area contributed by atoms with E-state index in [-0.39, 0.29) is 23.4 Å². The van der Waals surface area contributed by atoms with Gasteiger partial charge < -0.3 is 4.90 Å². The highest BCUT2D eigenvalue weighted by atomic mass is 35.7. The van der Waals surface area contributed by atoms with Crippen molar-refractivity contribution < 1.29 is 22.0 Å². The van der Waals surface area contributed by atoms with Gasteiger partial charge in [0.2, 0.25) is 0 Å². The van der Waals surface area contributed by atoms with Crippen molar-refractivity contribution in [3.63, 3.8) is 0 Å². The average Bonchev–Trinajstić information content (AvgIpc) is 2.30. The second kappa shape index (κ2) is 5.05. The standard InChI is InChI=1S/C11H10ClF2NO3S/c12-19(17,18)9-3-1-2-8-7(9)4-5-15(11(8)16)6-10(13)14/h1-3,10H,4-6H2. The van der Waals surface area contributed by atoms with E-state index >= 15 is 0 Å². The normalized spacial score (nSPS) is 15.8. The number of alkyl halides is 2. The van der Waals surface area contributed by atoms with Crippen LogP contribution >= 0.6 is 10.7 Å². The Morgan fingerprint density at radius 1 is 1.37 bits per heavy atom. The van der Waals surface area contributed by atoms with Crippen LogP contribution in [0.25, 0.3) is 0 Å². The highest BCUT2D eigenvalue weighted by Gasteiger charge is 2.30. The summed E-state index contributed by atoms with van der Waals surface area (Å²) in [5.41, 5.74) is 0.418. The molecule has 1 heterocycles. The Morgan fingerprint density at radius 3 is 2.63 bits per heavy atom. The monoisotopic (exact) mass is 309 g/mol. The Morgan fingerprint density at radius 2 is 2.05 bits per heavy atom. The van der Waals surface area contributed by atoms with Crippen molar-refractivity contribution in [2.75, 3.05) is 13.1 Å². The minimum Gasteiger partial charge on any atom is -0.333 e. The van der Waals surface area contributed by atoms with E-state index in [1.165, 1.54) is 18.2 Å². The number of rotatable bonds is 3. The molecule has 0 fully saturated rings. The molecule has 1 aromatic carbocycles. The number of amides is 1. The van der Waals surface area contributed by atoms with Crippen LogP contribution in [-0.4, -0.2) is 38.7 Å². The number of fused-ring (bicyclic) bond motifs is 1. The highest BCUT2D eigenvalue weighted by Crippen LogP contribution is 2.28. The minimum atomic E-state index is -3.95. The van der Waals surface area contributed by atoms with Gasteiger partial charge in [-0.3, -0.25) is 4.79 Å². The lowest BCUT2D eigenvalue weighted by Gasteiger charge is -2.29. The van der Waals surface area contributed by atoms with Crippen LogP contribution in [0.15, 0.2) is 23.1 Å². The van der Waals surface area contributed by atoms with E-state index in [0.29, 0.717) is 5.56 Å². The summed E-state index contributed by atoms with van der Waals surface area (Å²) < 4.78 is 47.4. The third-order valence-corrected chi connectivity index (χ3v) is 4.31. The Labute approximate surface area is 113 Å². The fourth-order valence-corrected chi connectivity index (χ4v) is 3.29. The molecule has 0 unspecified atom stereocenters. The van der Waals surface area contributed by atoms with E-state index in [1.54, 1.807) is 0 Å². The zero-order chi connectivity index (χ0) is 14.2. The van der Waals surface area contributed by atoms with Gasteiger partial charge in [-0.25, -0.2) is 17.2 Å². The predicted molar refractivity (Wildman–Crippen MR) is 65.1 cm³/mol. The third-order valence-electron chi connectivity index (χ3n) is 2.90. The number of hydrogen-bond acceptors (Lipinski definition) is 3. The molecule has 0 saturated heterocycles. The molecule has 1 amide bonds. The molecule has 0 bridgehead atoms. The summed E-state index contributed by atoms with van der Waals surface area (Å²) in [5, 5.41) is 0. The molecule has 8 heteroatoms. The second-order valence-electron chi connectivity index (χ2n) is 4.11. The molecule has 19 heavy (non-hydrogen) atoms. The molecule has 1 aliphatic rings. The van der Waals surface area contributed by atoms with Gasteiger partial charge in [-0.1, -0.05) is 6.07 Å². The maximum absolute atomic E-state index is 12.3. The Bertz CT molecular complexity index is 618. The van der Waals surface area contributed by atoms with E-state index in [9.17, 15) is 22.0 Å². The van der Waals surface area contributed by atoms with Gasteiger partial charge in [0.05, 0.1) is 11.4 Å². The smallest absolute Gasteiger partial charge is 0.261 e. The van der Waals surface area contributed by atoms with Crippen LogP contribution in [0, 0.1) is 0 Å². The SMILES string of the molecule is O=C1c2cccc(S(=O)(=O)Cl)c2CCN1CC(F)F. The summed E-state index contributed by atoms with van der Waals surface area (Å²) in [6.45, 7) is -0.601. The van der Waals surface area contributed by atoms with Gasteiger partial charge in [-0.15, -0.1) is 0 Å². The Hall–Kier alpha value is -1.21. The van der Waals surface area contributed by atoms with Crippen molar-refractivity contribution in [3.8, 4) is 0 Å². The molecule has 2 rings (SSSR count). The molecule has 0 spiro atoms. The van der Waals surface area contributed by atoms with Crippen molar-refractivity contribution >= 4 is 25.6 Å². The highest BCUT2D eigenvalue weighted by molar-refractivity contribution is 8.13. The molecule has 0 saturated carbocycles. The molecule has 0 aromatic heterocycles. The van der Waals surface area contributed by atoms with Crippen LogP contribution in [-0.2, 0) is 15.5 Å². The van der Waals surface area contributed by atoms with E-state index in [0.717, 1.165) is 4.90 Å². The Kier molecular flexibility index (Phi) is 3.78. The quantitative estimate of drug-likeness (QED) is 0.801. The summed E-state index contributed by atoms with van der Waals surface area (Å²) in [6.07, 6.45) is -2.43. The number of halogens is 3. The first kappa shape index (κ1) is 14.2. The van der Waals surface area contributed by atoms with Gasteiger partial charge in [0.1, 0.15) is 0 Å². The fourth-order valence-electron chi connectivity index (χ4n) is 2.11. The molecule has 0 N–H and O–H groups in total. The van der Waals surface area contributed by atoms with Gasteiger partial charge in [0, 0.05) is 22.8 Å². The van der Waals surface area contributed by atoms with E-state index in [4.69, 9.17) is 10.7 Å². The summed E-state index contributed by atoms with van der Waals surface area (Å²) in [7, 11) is 1.34. The average molecular weight is 310 g/mol. The zero-order valence-corrected chi connectivity index (χ0v) is 11.2.